The van der Waals surface area contributed by atoms with Crippen LogP contribution in [0.2, 0.25) is 0 Å². The van der Waals surface area contributed by atoms with Crippen molar-refractivity contribution >= 4 is 22.5 Å². The van der Waals surface area contributed by atoms with Crippen LogP contribution < -0.4 is 11.1 Å². The summed E-state index contributed by atoms with van der Waals surface area (Å²) in [5, 5.41) is 4.17. The normalized spacial score (nSPS) is 13.1. The summed E-state index contributed by atoms with van der Waals surface area (Å²) in [5.41, 5.74) is 12.4. The number of primary amides is 1. The fourth-order valence-corrected chi connectivity index (χ4v) is 3.74. The zero-order valence-corrected chi connectivity index (χ0v) is 14.3. The van der Waals surface area contributed by atoms with Crippen molar-refractivity contribution in [3.8, 4) is 11.1 Å². The van der Waals surface area contributed by atoms with Crippen molar-refractivity contribution in [2.75, 3.05) is 11.9 Å². The Labute approximate surface area is 145 Å². The first-order valence-corrected chi connectivity index (χ1v) is 8.41. The first-order chi connectivity index (χ1) is 12.0. The van der Waals surface area contributed by atoms with Gasteiger partial charge in [0.2, 0.25) is 5.91 Å². The molecule has 4 N–H and O–H groups in total. The van der Waals surface area contributed by atoms with E-state index in [0.717, 1.165) is 46.4 Å². The van der Waals surface area contributed by atoms with Crippen LogP contribution in [-0.2, 0) is 17.6 Å². The number of amides is 1. The molecular formula is C20H20FN3O. The summed E-state index contributed by atoms with van der Waals surface area (Å²) >= 11 is 0. The van der Waals surface area contributed by atoms with E-state index >= 15 is 4.39 Å². The molecule has 4 nitrogen and oxygen atoms in total. The number of carbonyl (C=O) groups excluding carboxylic acids is 1. The Morgan fingerprint density at radius 2 is 2.08 bits per heavy atom. The lowest BCUT2D eigenvalue weighted by molar-refractivity contribution is -0.117. The number of anilines is 1. The number of carbonyl (C=O) groups is 1. The Morgan fingerprint density at radius 3 is 2.84 bits per heavy atom. The number of hydrogen-bond donors (Lipinski definition) is 3. The fourth-order valence-electron chi connectivity index (χ4n) is 3.74. The molecule has 2 heterocycles. The molecule has 1 aromatic heterocycles. The minimum absolute atomic E-state index is 0.0127. The third-order valence-corrected chi connectivity index (χ3v) is 5.08. The predicted molar refractivity (Wildman–Crippen MR) is 98.3 cm³/mol. The second-order valence-electron chi connectivity index (χ2n) is 6.71. The zero-order chi connectivity index (χ0) is 17.7. The third-order valence-electron chi connectivity index (χ3n) is 5.08. The van der Waals surface area contributed by atoms with Gasteiger partial charge in [0.05, 0.1) is 11.9 Å². The summed E-state index contributed by atoms with van der Waals surface area (Å²) in [6.45, 7) is 4.84. The van der Waals surface area contributed by atoms with Gasteiger partial charge in [-0.15, -0.1) is 0 Å². The molecule has 0 atom stereocenters. The van der Waals surface area contributed by atoms with Gasteiger partial charge in [0.25, 0.3) is 0 Å². The van der Waals surface area contributed by atoms with Gasteiger partial charge in [-0.3, -0.25) is 4.79 Å². The van der Waals surface area contributed by atoms with Gasteiger partial charge in [0.15, 0.2) is 0 Å². The number of rotatable bonds is 3. The SMILES string of the molecule is Cc1[nH]c2c(CC(N)=O)cc(F)c(-c3ccc4c(c3)NCC4)c2c1C. The van der Waals surface area contributed by atoms with Gasteiger partial charge < -0.3 is 16.0 Å². The molecule has 0 saturated heterocycles. The number of aromatic nitrogens is 1. The van der Waals surface area contributed by atoms with Crippen molar-refractivity contribution in [1.82, 2.24) is 4.98 Å². The highest BCUT2D eigenvalue weighted by Gasteiger charge is 2.21. The van der Waals surface area contributed by atoms with E-state index in [1.165, 1.54) is 11.6 Å². The summed E-state index contributed by atoms with van der Waals surface area (Å²) < 4.78 is 15.1. The van der Waals surface area contributed by atoms with E-state index in [4.69, 9.17) is 5.73 Å². The zero-order valence-electron chi connectivity index (χ0n) is 14.3. The van der Waals surface area contributed by atoms with E-state index < -0.39 is 5.91 Å². The second kappa shape index (κ2) is 5.62. The highest BCUT2D eigenvalue weighted by atomic mass is 19.1. The van der Waals surface area contributed by atoms with Crippen molar-refractivity contribution in [3.63, 3.8) is 0 Å². The monoisotopic (exact) mass is 337 g/mol. The Morgan fingerprint density at radius 1 is 1.28 bits per heavy atom. The maximum absolute atomic E-state index is 15.1. The third kappa shape index (κ3) is 2.47. The average Bonchev–Trinajstić information content (AvgIpc) is 3.13. The number of halogens is 1. The molecule has 1 aliphatic heterocycles. The Bertz CT molecular complexity index is 1020. The van der Waals surface area contributed by atoms with Crippen LogP contribution in [0.4, 0.5) is 10.1 Å². The summed E-state index contributed by atoms with van der Waals surface area (Å²) in [6.07, 6.45) is 1.01. The molecule has 4 rings (SSSR count). The highest BCUT2D eigenvalue weighted by Crippen LogP contribution is 2.39. The number of aryl methyl sites for hydroxylation is 2. The molecule has 1 aliphatic rings. The summed E-state index contributed by atoms with van der Waals surface area (Å²) in [4.78, 5) is 14.7. The van der Waals surface area contributed by atoms with Gasteiger partial charge in [-0.1, -0.05) is 12.1 Å². The van der Waals surface area contributed by atoms with Crippen LogP contribution in [0.5, 0.6) is 0 Å². The quantitative estimate of drug-likeness (QED) is 0.683. The van der Waals surface area contributed by atoms with E-state index in [1.807, 2.05) is 26.0 Å². The standard InChI is InChI=1S/C20H20FN3O/c1-10-11(2)24-20-14(9-17(22)25)7-15(21)19(18(10)20)13-4-3-12-5-6-23-16(12)8-13/h3-4,7-8,23-24H,5-6,9H2,1-2H3,(H2,22,25). The lowest BCUT2D eigenvalue weighted by Crippen LogP contribution is -2.14. The summed E-state index contributed by atoms with van der Waals surface area (Å²) in [6, 6.07) is 7.47. The highest BCUT2D eigenvalue weighted by molar-refractivity contribution is 6.02. The molecule has 0 aliphatic carbocycles. The molecule has 128 valence electrons. The molecule has 0 saturated carbocycles. The Balaban J connectivity index is 2.01. The van der Waals surface area contributed by atoms with Crippen LogP contribution in [0.3, 0.4) is 0 Å². The van der Waals surface area contributed by atoms with E-state index in [0.29, 0.717) is 11.1 Å². The van der Waals surface area contributed by atoms with Gasteiger partial charge in [-0.05, 0) is 54.7 Å². The molecule has 3 aromatic rings. The van der Waals surface area contributed by atoms with Crippen LogP contribution in [0.25, 0.3) is 22.0 Å². The van der Waals surface area contributed by atoms with Crippen molar-refractivity contribution in [3.05, 3.63) is 52.5 Å². The van der Waals surface area contributed by atoms with Crippen LogP contribution in [0, 0.1) is 19.7 Å². The topological polar surface area (TPSA) is 70.9 Å². The summed E-state index contributed by atoms with van der Waals surface area (Å²) in [7, 11) is 0. The molecule has 1 amide bonds. The van der Waals surface area contributed by atoms with Crippen molar-refractivity contribution in [1.29, 1.82) is 0 Å². The van der Waals surface area contributed by atoms with E-state index in [-0.39, 0.29) is 12.2 Å². The molecule has 2 aromatic carbocycles. The van der Waals surface area contributed by atoms with E-state index in [9.17, 15) is 4.79 Å². The predicted octanol–water partition coefficient (Wildman–Crippen LogP) is 3.59. The van der Waals surface area contributed by atoms with Gasteiger partial charge in [0, 0.05) is 28.9 Å². The van der Waals surface area contributed by atoms with Crippen molar-refractivity contribution < 1.29 is 9.18 Å². The molecular weight excluding hydrogens is 317 g/mol. The van der Waals surface area contributed by atoms with Gasteiger partial charge in [0.1, 0.15) is 5.82 Å². The molecule has 5 heteroatoms. The van der Waals surface area contributed by atoms with Crippen LogP contribution in [0.15, 0.2) is 24.3 Å². The average molecular weight is 337 g/mol. The van der Waals surface area contributed by atoms with Gasteiger partial charge in [-0.2, -0.15) is 0 Å². The fraction of sp³-hybridized carbons (Fsp3) is 0.250. The molecule has 0 bridgehead atoms. The number of fused-ring (bicyclic) bond motifs is 2. The number of hydrogen-bond acceptors (Lipinski definition) is 2. The largest absolute Gasteiger partial charge is 0.384 e. The summed E-state index contributed by atoms with van der Waals surface area (Å²) in [5.74, 6) is -0.802. The molecule has 0 fully saturated rings. The smallest absolute Gasteiger partial charge is 0.221 e. The first kappa shape index (κ1) is 15.7. The van der Waals surface area contributed by atoms with Crippen molar-refractivity contribution in [2.45, 2.75) is 26.7 Å². The Hall–Kier alpha value is -2.82. The minimum atomic E-state index is -0.472. The lowest BCUT2D eigenvalue weighted by atomic mass is 9.94. The number of benzene rings is 2. The second-order valence-corrected chi connectivity index (χ2v) is 6.71. The van der Waals surface area contributed by atoms with Crippen LogP contribution in [0.1, 0.15) is 22.4 Å². The Kier molecular flexibility index (Phi) is 3.53. The van der Waals surface area contributed by atoms with Gasteiger partial charge in [-0.25, -0.2) is 4.39 Å². The van der Waals surface area contributed by atoms with E-state index in [1.54, 1.807) is 0 Å². The first-order valence-electron chi connectivity index (χ1n) is 8.41. The molecule has 0 spiro atoms. The number of nitrogens with one attached hydrogen (secondary N) is 2. The maximum atomic E-state index is 15.1. The number of H-pyrrole nitrogens is 1. The van der Waals surface area contributed by atoms with Gasteiger partial charge >= 0.3 is 0 Å². The van der Waals surface area contributed by atoms with Crippen molar-refractivity contribution in [2.24, 2.45) is 5.73 Å². The molecule has 0 unspecified atom stereocenters. The maximum Gasteiger partial charge on any atom is 0.221 e. The number of nitrogens with two attached hydrogens (primary N) is 1. The molecule has 25 heavy (non-hydrogen) atoms. The van der Waals surface area contributed by atoms with E-state index in [2.05, 4.69) is 16.4 Å². The van der Waals surface area contributed by atoms with Crippen LogP contribution in [-0.4, -0.2) is 17.4 Å². The number of aromatic amines is 1. The molecule has 0 radical (unpaired) electrons. The lowest BCUT2D eigenvalue weighted by Gasteiger charge is -2.12. The minimum Gasteiger partial charge on any atom is -0.384 e. The van der Waals surface area contributed by atoms with Crippen LogP contribution >= 0.6 is 0 Å².